The molecule has 0 aliphatic rings. The second-order valence-electron chi connectivity index (χ2n) is 4.82. The third-order valence-corrected chi connectivity index (χ3v) is 2.52. The van der Waals surface area contributed by atoms with Crippen molar-refractivity contribution in [1.82, 2.24) is 4.98 Å². The van der Waals surface area contributed by atoms with Crippen LogP contribution >= 0.6 is 0 Å². The number of hydrogen-bond donors (Lipinski definition) is 2. The number of carbonyl (C=O) groups is 1. The molecule has 0 fully saturated rings. The molecule has 0 aliphatic carbocycles. The van der Waals surface area contributed by atoms with Crippen LogP contribution < -0.4 is 16.0 Å². The van der Waals surface area contributed by atoms with Crippen LogP contribution in [-0.4, -0.2) is 36.0 Å². The number of anilines is 2. The van der Waals surface area contributed by atoms with Gasteiger partial charge in [0, 0.05) is 13.6 Å². The average Bonchev–Trinajstić information content (AvgIpc) is 2.36. The smallest absolute Gasteiger partial charge is 0.276 e. The number of nitrogens with one attached hydrogen (secondary N) is 1. The van der Waals surface area contributed by atoms with Gasteiger partial charge in [-0.3, -0.25) is 14.9 Å². The Balaban J connectivity index is 3.19. The van der Waals surface area contributed by atoms with E-state index < -0.39 is 10.8 Å². The Morgan fingerprint density at radius 2 is 2.20 bits per heavy atom. The zero-order valence-corrected chi connectivity index (χ0v) is 11.8. The molecule has 8 heteroatoms. The van der Waals surface area contributed by atoms with Crippen LogP contribution in [0.25, 0.3) is 0 Å². The van der Waals surface area contributed by atoms with Gasteiger partial charge < -0.3 is 16.0 Å². The lowest BCUT2D eigenvalue weighted by Crippen LogP contribution is -2.36. The first-order chi connectivity index (χ1) is 9.33. The Morgan fingerprint density at radius 3 is 2.65 bits per heavy atom. The van der Waals surface area contributed by atoms with Gasteiger partial charge in [0.1, 0.15) is 11.6 Å². The Kier molecular flexibility index (Phi) is 5.24. The predicted octanol–water partition coefficient (Wildman–Crippen LogP) is 0.979. The zero-order chi connectivity index (χ0) is 15.3. The van der Waals surface area contributed by atoms with Crippen molar-refractivity contribution in [3.05, 3.63) is 22.2 Å². The van der Waals surface area contributed by atoms with Crippen LogP contribution in [0.5, 0.6) is 0 Å². The predicted molar refractivity (Wildman–Crippen MR) is 76.7 cm³/mol. The molecule has 1 aromatic rings. The van der Waals surface area contributed by atoms with E-state index in [9.17, 15) is 14.9 Å². The molecule has 0 saturated heterocycles. The maximum atomic E-state index is 11.1. The second-order valence-corrected chi connectivity index (χ2v) is 4.82. The number of nitro groups is 1. The summed E-state index contributed by atoms with van der Waals surface area (Å²) in [7, 11) is 1.62. The Morgan fingerprint density at radius 1 is 1.55 bits per heavy atom. The van der Waals surface area contributed by atoms with E-state index in [1.54, 1.807) is 11.9 Å². The molecule has 1 amide bonds. The highest BCUT2D eigenvalue weighted by molar-refractivity contribution is 5.79. The van der Waals surface area contributed by atoms with Crippen molar-refractivity contribution in [1.29, 1.82) is 0 Å². The van der Waals surface area contributed by atoms with Crippen molar-refractivity contribution in [2.75, 3.05) is 30.4 Å². The number of carbonyl (C=O) groups excluding carboxylic acids is 1. The summed E-state index contributed by atoms with van der Waals surface area (Å²) >= 11 is 0. The molecule has 0 bridgehead atoms. The van der Waals surface area contributed by atoms with Crippen molar-refractivity contribution >= 4 is 23.2 Å². The summed E-state index contributed by atoms with van der Waals surface area (Å²) in [6, 6.07) is 2.67. The minimum atomic E-state index is -0.509. The molecule has 0 atom stereocenters. The molecule has 0 radical (unpaired) electrons. The van der Waals surface area contributed by atoms with Crippen LogP contribution in [0.1, 0.15) is 13.8 Å². The molecule has 3 N–H and O–H groups in total. The van der Waals surface area contributed by atoms with Gasteiger partial charge in [-0.05, 0) is 5.92 Å². The lowest BCUT2D eigenvalue weighted by atomic mass is 10.2. The van der Waals surface area contributed by atoms with Gasteiger partial charge in [-0.1, -0.05) is 13.8 Å². The molecule has 1 aromatic heterocycles. The molecule has 0 aromatic carbocycles. The Hall–Kier alpha value is -2.38. The van der Waals surface area contributed by atoms with Gasteiger partial charge in [0.25, 0.3) is 5.69 Å². The minimum absolute atomic E-state index is 0.0322. The molecule has 1 heterocycles. The van der Waals surface area contributed by atoms with Crippen LogP contribution in [0, 0.1) is 16.0 Å². The van der Waals surface area contributed by atoms with Crippen molar-refractivity contribution < 1.29 is 9.72 Å². The number of aromatic nitrogens is 1. The van der Waals surface area contributed by atoms with Gasteiger partial charge >= 0.3 is 0 Å². The van der Waals surface area contributed by atoms with Crippen LogP contribution in [-0.2, 0) is 4.79 Å². The largest absolute Gasteiger partial charge is 0.373 e. The van der Waals surface area contributed by atoms with E-state index in [4.69, 9.17) is 5.73 Å². The van der Waals surface area contributed by atoms with Gasteiger partial charge in [0.05, 0.1) is 23.6 Å². The SMILES string of the molecule is CNc1cc([N+](=O)[O-])cc(N(CC(N)=O)CC(C)C)n1. The summed E-state index contributed by atoms with van der Waals surface area (Å²) in [5, 5.41) is 13.7. The van der Waals surface area contributed by atoms with Gasteiger partial charge in [-0.25, -0.2) is 4.98 Å². The highest BCUT2D eigenvalue weighted by atomic mass is 16.6. The average molecular weight is 281 g/mol. The monoisotopic (exact) mass is 281 g/mol. The van der Waals surface area contributed by atoms with E-state index in [0.717, 1.165) is 0 Å². The topological polar surface area (TPSA) is 114 Å². The Labute approximate surface area is 117 Å². The molecule has 110 valence electrons. The van der Waals surface area contributed by atoms with E-state index in [0.29, 0.717) is 18.2 Å². The molecule has 1 rings (SSSR count). The standard InChI is InChI=1S/C12H19N5O3/c1-8(2)6-16(7-10(13)18)12-5-9(17(19)20)4-11(14-3)15-12/h4-5,8H,6-7H2,1-3H3,(H2,13,18)(H,14,15). The van der Waals surface area contributed by atoms with Crippen molar-refractivity contribution in [2.24, 2.45) is 11.7 Å². The number of rotatable bonds is 7. The third-order valence-electron chi connectivity index (χ3n) is 2.52. The summed E-state index contributed by atoms with van der Waals surface area (Å²) < 4.78 is 0. The number of hydrogen-bond acceptors (Lipinski definition) is 6. The fourth-order valence-electron chi connectivity index (χ4n) is 1.77. The summed E-state index contributed by atoms with van der Waals surface area (Å²) in [4.78, 5) is 27.5. The summed E-state index contributed by atoms with van der Waals surface area (Å²) in [5.74, 6) is 0.474. The van der Waals surface area contributed by atoms with Crippen molar-refractivity contribution in [3.63, 3.8) is 0 Å². The zero-order valence-electron chi connectivity index (χ0n) is 11.8. The Bertz CT molecular complexity index is 504. The quantitative estimate of drug-likeness (QED) is 0.568. The normalized spacial score (nSPS) is 10.4. The van der Waals surface area contributed by atoms with E-state index >= 15 is 0 Å². The minimum Gasteiger partial charge on any atom is -0.373 e. The highest BCUT2D eigenvalue weighted by Gasteiger charge is 2.17. The lowest BCUT2D eigenvalue weighted by Gasteiger charge is -2.24. The first-order valence-corrected chi connectivity index (χ1v) is 6.21. The fourth-order valence-corrected chi connectivity index (χ4v) is 1.77. The number of nitrogens with two attached hydrogens (primary N) is 1. The summed E-state index contributed by atoms with van der Waals surface area (Å²) in [5.41, 5.74) is 5.13. The highest BCUT2D eigenvalue weighted by Crippen LogP contribution is 2.23. The van der Waals surface area contributed by atoms with Gasteiger partial charge in [-0.15, -0.1) is 0 Å². The van der Waals surface area contributed by atoms with E-state index in [2.05, 4.69) is 10.3 Å². The van der Waals surface area contributed by atoms with Gasteiger partial charge in [0.15, 0.2) is 0 Å². The fraction of sp³-hybridized carbons (Fsp3) is 0.500. The van der Waals surface area contributed by atoms with Gasteiger partial charge in [0.2, 0.25) is 5.91 Å². The van der Waals surface area contributed by atoms with Crippen molar-refractivity contribution in [2.45, 2.75) is 13.8 Å². The van der Waals surface area contributed by atoms with Crippen LogP contribution in [0.15, 0.2) is 12.1 Å². The number of primary amides is 1. The van der Waals surface area contributed by atoms with E-state index in [1.165, 1.54) is 12.1 Å². The van der Waals surface area contributed by atoms with Crippen LogP contribution in [0.3, 0.4) is 0 Å². The van der Waals surface area contributed by atoms with Crippen molar-refractivity contribution in [3.8, 4) is 0 Å². The molecule has 0 aliphatic heterocycles. The van der Waals surface area contributed by atoms with Gasteiger partial charge in [-0.2, -0.15) is 0 Å². The first kappa shape index (κ1) is 15.7. The maximum absolute atomic E-state index is 11.1. The second kappa shape index (κ2) is 6.69. The molecular formula is C12H19N5O3. The molecule has 0 saturated carbocycles. The number of pyridine rings is 1. The van der Waals surface area contributed by atoms with Crippen LogP contribution in [0.4, 0.5) is 17.3 Å². The number of nitrogens with zero attached hydrogens (tertiary/aromatic N) is 3. The molecule has 0 unspecified atom stereocenters. The molecular weight excluding hydrogens is 262 g/mol. The molecule has 8 nitrogen and oxygen atoms in total. The van der Waals surface area contributed by atoms with E-state index in [-0.39, 0.29) is 18.2 Å². The van der Waals surface area contributed by atoms with Crippen LogP contribution in [0.2, 0.25) is 0 Å². The maximum Gasteiger partial charge on any atom is 0.276 e. The lowest BCUT2D eigenvalue weighted by molar-refractivity contribution is -0.384. The molecule has 20 heavy (non-hydrogen) atoms. The first-order valence-electron chi connectivity index (χ1n) is 6.21. The molecule has 0 spiro atoms. The summed E-state index contributed by atoms with van der Waals surface area (Å²) in [6.45, 7) is 4.45. The summed E-state index contributed by atoms with van der Waals surface area (Å²) in [6.07, 6.45) is 0. The van der Waals surface area contributed by atoms with E-state index in [1.807, 2.05) is 13.8 Å². The number of amides is 1. The third kappa shape index (κ3) is 4.38.